The van der Waals surface area contributed by atoms with Gasteiger partial charge in [0.15, 0.2) is 0 Å². The van der Waals surface area contributed by atoms with E-state index < -0.39 is 11.8 Å². The molecule has 0 aliphatic heterocycles. The Hall–Kier alpha value is -2.10. The Kier molecular flexibility index (Phi) is 2.25. The van der Waals surface area contributed by atoms with Crippen LogP contribution in [0.4, 0.5) is 4.39 Å². The van der Waals surface area contributed by atoms with Crippen LogP contribution in [0.15, 0.2) is 40.8 Å². The third-order valence-electron chi connectivity index (χ3n) is 1.96. The Morgan fingerprint density at radius 3 is 2.53 bits per heavy atom. The average molecular weight is 206 g/mol. The summed E-state index contributed by atoms with van der Waals surface area (Å²) in [5.41, 5.74) is 0.255. The molecule has 3 nitrogen and oxygen atoms in total. The molecule has 0 radical (unpaired) electrons. The summed E-state index contributed by atoms with van der Waals surface area (Å²) in [7, 11) is 0. The van der Waals surface area contributed by atoms with Crippen molar-refractivity contribution in [3.63, 3.8) is 0 Å². The molecule has 0 fully saturated rings. The summed E-state index contributed by atoms with van der Waals surface area (Å²) in [4.78, 5) is 10.5. The first-order chi connectivity index (χ1) is 7.18. The molecule has 2 aromatic rings. The topological polar surface area (TPSA) is 50.4 Å². The number of benzene rings is 1. The SMILES string of the molecule is O=C(O)c1ccc(-c2ccccc2F)o1. The van der Waals surface area contributed by atoms with Crippen molar-refractivity contribution in [1.29, 1.82) is 0 Å². The van der Waals surface area contributed by atoms with Crippen LogP contribution < -0.4 is 0 Å². The monoisotopic (exact) mass is 206 g/mol. The predicted octanol–water partition coefficient (Wildman–Crippen LogP) is 2.78. The minimum Gasteiger partial charge on any atom is -0.475 e. The van der Waals surface area contributed by atoms with Crippen molar-refractivity contribution in [3.8, 4) is 11.3 Å². The van der Waals surface area contributed by atoms with Gasteiger partial charge in [-0.3, -0.25) is 0 Å². The fourth-order valence-corrected chi connectivity index (χ4v) is 1.26. The molecule has 0 unspecified atom stereocenters. The second kappa shape index (κ2) is 3.57. The van der Waals surface area contributed by atoms with Gasteiger partial charge in [0.25, 0.3) is 0 Å². The summed E-state index contributed by atoms with van der Waals surface area (Å²) in [5, 5.41) is 8.63. The molecule has 0 saturated heterocycles. The maximum absolute atomic E-state index is 13.3. The first-order valence-corrected chi connectivity index (χ1v) is 4.26. The van der Waals surface area contributed by atoms with Gasteiger partial charge in [0, 0.05) is 0 Å². The van der Waals surface area contributed by atoms with Crippen molar-refractivity contribution < 1.29 is 18.7 Å². The molecule has 1 aromatic carbocycles. The van der Waals surface area contributed by atoms with E-state index in [1.54, 1.807) is 12.1 Å². The van der Waals surface area contributed by atoms with Gasteiger partial charge in [0.1, 0.15) is 11.6 Å². The molecular formula is C11H7FO3. The lowest BCUT2D eigenvalue weighted by atomic mass is 10.1. The van der Waals surface area contributed by atoms with Gasteiger partial charge >= 0.3 is 5.97 Å². The molecule has 0 bridgehead atoms. The van der Waals surface area contributed by atoms with E-state index in [9.17, 15) is 9.18 Å². The number of hydrogen-bond donors (Lipinski definition) is 1. The summed E-state index contributed by atoms with van der Waals surface area (Å²) in [6.07, 6.45) is 0. The van der Waals surface area contributed by atoms with E-state index in [4.69, 9.17) is 9.52 Å². The second-order valence-electron chi connectivity index (χ2n) is 2.95. The largest absolute Gasteiger partial charge is 0.475 e. The Labute approximate surface area is 84.8 Å². The average Bonchev–Trinajstić information content (AvgIpc) is 2.67. The van der Waals surface area contributed by atoms with Crippen LogP contribution in [-0.2, 0) is 0 Å². The van der Waals surface area contributed by atoms with Crippen molar-refractivity contribution in [3.05, 3.63) is 48.0 Å². The highest BCUT2D eigenvalue weighted by Crippen LogP contribution is 2.24. The number of carboxylic acid groups (broad SMARTS) is 1. The number of halogens is 1. The number of carbonyl (C=O) groups is 1. The van der Waals surface area contributed by atoms with Crippen LogP contribution in [0.2, 0.25) is 0 Å². The Morgan fingerprint density at radius 1 is 1.20 bits per heavy atom. The molecule has 1 aromatic heterocycles. The van der Waals surface area contributed by atoms with E-state index in [0.29, 0.717) is 0 Å². The molecule has 1 heterocycles. The van der Waals surface area contributed by atoms with E-state index in [0.717, 1.165) is 0 Å². The van der Waals surface area contributed by atoms with Gasteiger partial charge in [-0.05, 0) is 24.3 Å². The van der Waals surface area contributed by atoms with Gasteiger partial charge in [-0.25, -0.2) is 9.18 Å². The summed E-state index contributed by atoms with van der Waals surface area (Å²) in [6, 6.07) is 8.76. The van der Waals surface area contributed by atoms with E-state index in [-0.39, 0.29) is 17.1 Å². The standard InChI is InChI=1S/C11H7FO3/c12-8-4-2-1-3-7(8)9-5-6-10(15-9)11(13)14/h1-6H,(H,13,14). The zero-order valence-corrected chi connectivity index (χ0v) is 7.61. The molecule has 4 heteroatoms. The summed E-state index contributed by atoms with van der Waals surface area (Å²) in [6.45, 7) is 0. The maximum atomic E-state index is 13.3. The van der Waals surface area contributed by atoms with E-state index in [1.807, 2.05) is 0 Å². The molecule has 0 spiro atoms. The fraction of sp³-hybridized carbons (Fsp3) is 0. The van der Waals surface area contributed by atoms with Crippen LogP contribution in [0.5, 0.6) is 0 Å². The van der Waals surface area contributed by atoms with Crippen molar-refractivity contribution in [2.75, 3.05) is 0 Å². The van der Waals surface area contributed by atoms with Crippen molar-refractivity contribution in [2.24, 2.45) is 0 Å². The quantitative estimate of drug-likeness (QED) is 0.821. The fourth-order valence-electron chi connectivity index (χ4n) is 1.26. The third-order valence-corrected chi connectivity index (χ3v) is 1.96. The Bertz CT molecular complexity index is 502. The molecule has 76 valence electrons. The highest BCUT2D eigenvalue weighted by Gasteiger charge is 2.12. The molecule has 15 heavy (non-hydrogen) atoms. The first-order valence-electron chi connectivity index (χ1n) is 4.26. The molecule has 0 aliphatic rings. The summed E-state index contributed by atoms with van der Waals surface area (Å²) < 4.78 is 18.3. The highest BCUT2D eigenvalue weighted by atomic mass is 19.1. The van der Waals surface area contributed by atoms with Crippen LogP contribution in [0.1, 0.15) is 10.6 Å². The second-order valence-corrected chi connectivity index (χ2v) is 2.95. The molecule has 0 amide bonds. The van der Waals surface area contributed by atoms with Gasteiger partial charge in [0.2, 0.25) is 5.76 Å². The van der Waals surface area contributed by atoms with Gasteiger partial charge in [-0.2, -0.15) is 0 Å². The van der Waals surface area contributed by atoms with Crippen LogP contribution in [0, 0.1) is 5.82 Å². The molecule has 0 atom stereocenters. The lowest BCUT2D eigenvalue weighted by Crippen LogP contribution is -1.91. The lowest BCUT2D eigenvalue weighted by Gasteiger charge is -1.97. The number of aromatic carboxylic acids is 1. The van der Waals surface area contributed by atoms with E-state index in [2.05, 4.69) is 0 Å². The molecular weight excluding hydrogens is 199 g/mol. The zero-order valence-electron chi connectivity index (χ0n) is 7.61. The van der Waals surface area contributed by atoms with Gasteiger partial charge in [-0.15, -0.1) is 0 Å². The van der Waals surface area contributed by atoms with Crippen LogP contribution in [-0.4, -0.2) is 11.1 Å². The number of rotatable bonds is 2. The lowest BCUT2D eigenvalue weighted by molar-refractivity contribution is 0.0663. The predicted molar refractivity (Wildman–Crippen MR) is 51.1 cm³/mol. The van der Waals surface area contributed by atoms with Crippen molar-refractivity contribution in [1.82, 2.24) is 0 Å². The summed E-state index contributed by atoms with van der Waals surface area (Å²) in [5.74, 6) is -1.60. The number of carboxylic acids is 1. The number of furan rings is 1. The van der Waals surface area contributed by atoms with Gasteiger partial charge in [-0.1, -0.05) is 12.1 Å². The van der Waals surface area contributed by atoms with Crippen LogP contribution in [0.3, 0.4) is 0 Å². The van der Waals surface area contributed by atoms with Gasteiger partial charge < -0.3 is 9.52 Å². The zero-order chi connectivity index (χ0) is 10.8. The minimum absolute atomic E-state index is 0.201. The number of hydrogen-bond acceptors (Lipinski definition) is 2. The van der Waals surface area contributed by atoms with Crippen molar-refractivity contribution in [2.45, 2.75) is 0 Å². The maximum Gasteiger partial charge on any atom is 0.371 e. The Balaban J connectivity index is 2.46. The van der Waals surface area contributed by atoms with Gasteiger partial charge in [0.05, 0.1) is 5.56 Å². The van der Waals surface area contributed by atoms with E-state index in [1.165, 1.54) is 24.3 Å². The molecule has 1 N–H and O–H groups in total. The first kappa shape index (κ1) is 9.45. The smallest absolute Gasteiger partial charge is 0.371 e. The third kappa shape index (κ3) is 1.74. The summed E-state index contributed by atoms with van der Waals surface area (Å²) >= 11 is 0. The molecule has 2 rings (SSSR count). The Morgan fingerprint density at radius 2 is 1.93 bits per heavy atom. The normalized spacial score (nSPS) is 10.2. The molecule has 0 aliphatic carbocycles. The highest BCUT2D eigenvalue weighted by molar-refractivity contribution is 5.85. The van der Waals surface area contributed by atoms with E-state index >= 15 is 0 Å². The van der Waals surface area contributed by atoms with Crippen LogP contribution >= 0.6 is 0 Å². The molecule has 0 saturated carbocycles. The van der Waals surface area contributed by atoms with Crippen molar-refractivity contribution >= 4 is 5.97 Å². The minimum atomic E-state index is -1.17. The van der Waals surface area contributed by atoms with Crippen LogP contribution in [0.25, 0.3) is 11.3 Å².